The minimum absolute atomic E-state index is 0.154. The second-order valence-electron chi connectivity index (χ2n) is 3.71. The van der Waals surface area contributed by atoms with Crippen molar-refractivity contribution in [2.75, 3.05) is 26.3 Å². The summed E-state index contributed by atoms with van der Waals surface area (Å²) in [7, 11) is 1.77. The zero-order valence-corrected chi connectivity index (χ0v) is 10.6. The normalized spacial score (nSPS) is 10.2. The molecule has 0 aromatic carbocycles. The molecular weight excluding hydrogens is 254 g/mol. The van der Waals surface area contributed by atoms with Crippen LogP contribution < -0.4 is 10.6 Å². The number of nitrogens with one attached hydrogen (secondary N) is 2. The summed E-state index contributed by atoms with van der Waals surface area (Å²) in [5.74, 6) is -0.375. The zero-order valence-electron chi connectivity index (χ0n) is 10.6. The molecule has 0 aliphatic rings. The molecule has 0 bridgehead atoms. The maximum atomic E-state index is 11.3. The van der Waals surface area contributed by atoms with E-state index in [1.165, 1.54) is 0 Å². The number of hydrogen-bond donors (Lipinski definition) is 3. The maximum Gasteiger partial charge on any atom is 0.329 e. The lowest BCUT2D eigenvalue weighted by atomic mass is 10.4. The molecule has 1 heterocycles. The highest BCUT2D eigenvalue weighted by Gasteiger charge is 2.02. The van der Waals surface area contributed by atoms with Crippen molar-refractivity contribution in [3.05, 3.63) is 12.2 Å². The van der Waals surface area contributed by atoms with E-state index >= 15 is 0 Å². The monoisotopic (exact) mass is 271 g/mol. The van der Waals surface area contributed by atoms with Crippen molar-refractivity contribution in [2.45, 2.75) is 6.42 Å². The van der Waals surface area contributed by atoms with Gasteiger partial charge in [-0.25, -0.2) is 14.6 Å². The second kappa shape index (κ2) is 8.03. The van der Waals surface area contributed by atoms with Gasteiger partial charge in [-0.15, -0.1) is 0 Å². The lowest BCUT2D eigenvalue weighted by molar-refractivity contribution is -0.142. The molecule has 0 aliphatic heterocycles. The van der Waals surface area contributed by atoms with Crippen LogP contribution in [0.1, 0.15) is 5.82 Å². The number of carboxylic acids is 1. The molecule has 0 spiro atoms. The summed E-state index contributed by atoms with van der Waals surface area (Å²) in [5, 5.41) is 17.5. The molecule has 0 atom stereocenters. The van der Waals surface area contributed by atoms with Gasteiger partial charge in [0.2, 0.25) is 0 Å². The molecule has 9 nitrogen and oxygen atoms in total. The molecule has 1 rings (SSSR count). The Balaban J connectivity index is 2.00. The number of amides is 2. The first-order valence-electron chi connectivity index (χ1n) is 5.73. The van der Waals surface area contributed by atoms with Gasteiger partial charge in [-0.05, 0) is 0 Å². The van der Waals surface area contributed by atoms with Crippen LogP contribution in [0.25, 0.3) is 0 Å². The summed E-state index contributed by atoms with van der Waals surface area (Å²) in [6.45, 7) is 0.461. The van der Waals surface area contributed by atoms with Crippen LogP contribution in [0.5, 0.6) is 0 Å². The van der Waals surface area contributed by atoms with Crippen LogP contribution in [-0.4, -0.2) is 58.2 Å². The van der Waals surface area contributed by atoms with Crippen molar-refractivity contribution in [3.63, 3.8) is 0 Å². The molecule has 0 aliphatic carbocycles. The first kappa shape index (κ1) is 14.9. The number of carboxylic acid groups (broad SMARTS) is 1. The molecule has 1 aromatic heterocycles. The minimum Gasteiger partial charge on any atom is -0.480 e. The Bertz CT molecular complexity index is 420. The molecule has 9 heteroatoms. The number of carbonyl (C=O) groups excluding carboxylic acids is 1. The van der Waals surface area contributed by atoms with E-state index in [1.807, 2.05) is 0 Å². The number of hydrogen-bond acceptors (Lipinski definition) is 5. The molecule has 106 valence electrons. The fourth-order valence-electron chi connectivity index (χ4n) is 1.25. The number of aromatic nitrogens is 3. The van der Waals surface area contributed by atoms with Gasteiger partial charge in [-0.1, -0.05) is 0 Å². The van der Waals surface area contributed by atoms with Crippen molar-refractivity contribution in [1.82, 2.24) is 25.4 Å². The number of nitrogens with zero attached hydrogens (tertiary/aromatic N) is 3. The fraction of sp³-hybridized carbons (Fsp3) is 0.600. The predicted octanol–water partition coefficient (Wildman–Crippen LogP) is -1.24. The highest BCUT2D eigenvalue weighted by molar-refractivity contribution is 5.73. The highest BCUT2D eigenvalue weighted by atomic mass is 16.5. The molecule has 2 amide bonds. The molecule has 0 saturated carbocycles. The van der Waals surface area contributed by atoms with Gasteiger partial charge < -0.3 is 20.5 Å². The standard InChI is InChI=1S/C10H17N5O4/c1-15-7-13-8(14-15)2-3-11-10(18)12-4-5-19-6-9(16)17/h7H,2-6H2,1H3,(H,16,17)(H2,11,12,18). The van der Waals surface area contributed by atoms with Crippen LogP contribution in [-0.2, 0) is 23.0 Å². The quantitative estimate of drug-likeness (QED) is 0.509. The van der Waals surface area contributed by atoms with Crippen LogP contribution in [0.3, 0.4) is 0 Å². The van der Waals surface area contributed by atoms with E-state index < -0.39 is 5.97 Å². The van der Waals surface area contributed by atoms with Gasteiger partial charge in [0.1, 0.15) is 12.9 Å². The molecule has 0 saturated heterocycles. The van der Waals surface area contributed by atoms with Crippen molar-refractivity contribution in [1.29, 1.82) is 0 Å². The van der Waals surface area contributed by atoms with Gasteiger partial charge in [0.25, 0.3) is 0 Å². The number of ether oxygens (including phenoxy) is 1. The summed E-state index contributed by atoms with van der Waals surface area (Å²) in [6, 6.07) is -0.338. The third-order valence-electron chi connectivity index (χ3n) is 2.04. The first-order chi connectivity index (χ1) is 9.08. The lowest BCUT2D eigenvalue weighted by Gasteiger charge is -2.06. The van der Waals surface area contributed by atoms with Crippen molar-refractivity contribution in [2.24, 2.45) is 7.05 Å². The number of aryl methyl sites for hydroxylation is 1. The van der Waals surface area contributed by atoms with E-state index in [0.29, 0.717) is 18.8 Å². The average Bonchev–Trinajstić information content (AvgIpc) is 2.74. The van der Waals surface area contributed by atoms with Crippen LogP contribution in [0, 0.1) is 0 Å². The zero-order chi connectivity index (χ0) is 14.1. The Morgan fingerprint density at radius 1 is 1.42 bits per heavy atom. The van der Waals surface area contributed by atoms with Gasteiger partial charge in [0.15, 0.2) is 5.82 Å². The number of aliphatic carboxylic acids is 1. The van der Waals surface area contributed by atoms with E-state index in [0.717, 1.165) is 0 Å². The smallest absolute Gasteiger partial charge is 0.329 e. The molecule has 3 N–H and O–H groups in total. The molecular formula is C10H17N5O4. The number of rotatable bonds is 8. The van der Waals surface area contributed by atoms with Crippen molar-refractivity contribution in [3.8, 4) is 0 Å². The second-order valence-corrected chi connectivity index (χ2v) is 3.71. The molecule has 1 aromatic rings. The van der Waals surface area contributed by atoms with Gasteiger partial charge in [-0.2, -0.15) is 5.10 Å². The van der Waals surface area contributed by atoms with Crippen LogP contribution in [0.15, 0.2) is 6.33 Å². The Morgan fingerprint density at radius 3 is 2.79 bits per heavy atom. The summed E-state index contributed by atoms with van der Waals surface area (Å²) in [6.07, 6.45) is 2.14. The third kappa shape index (κ3) is 6.99. The molecule has 19 heavy (non-hydrogen) atoms. The Morgan fingerprint density at radius 2 is 2.16 bits per heavy atom. The largest absolute Gasteiger partial charge is 0.480 e. The molecule has 0 fully saturated rings. The van der Waals surface area contributed by atoms with Gasteiger partial charge in [0.05, 0.1) is 6.61 Å². The maximum absolute atomic E-state index is 11.3. The lowest BCUT2D eigenvalue weighted by Crippen LogP contribution is -2.38. The summed E-state index contributed by atoms with van der Waals surface area (Å²) in [4.78, 5) is 25.5. The van der Waals surface area contributed by atoms with Crippen LogP contribution in [0.4, 0.5) is 4.79 Å². The van der Waals surface area contributed by atoms with E-state index in [4.69, 9.17) is 9.84 Å². The van der Waals surface area contributed by atoms with Gasteiger partial charge in [0, 0.05) is 26.6 Å². The summed E-state index contributed by atoms with van der Waals surface area (Å²) >= 11 is 0. The van der Waals surface area contributed by atoms with E-state index in [9.17, 15) is 9.59 Å². The van der Waals surface area contributed by atoms with Gasteiger partial charge in [-0.3, -0.25) is 4.68 Å². The average molecular weight is 271 g/mol. The van der Waals surface area contributed by atoms with Crippen molar-refractivity contribution >= 4 is 12.0 Å². The Kier molecular flexibility index (Phi) is 6.30. The van der Waals surface area contributed by atoms with Crippen LogP contribution in [0.2, 0.25) is 0 Å². The first-order valence-corrected chi connectivity index (χ1v) is 5.73. The Hall–Kier alpha value is -2.16. The number of carbonyl (C=O) groups is 2. The van der Waals surface area contributed by atoms with E-state index in [2.05, 4.69) is 20.7 Å². The molecule has 0 radical (unpaired) electrons. The summed E-state index contributed by atoms with van der Waals surface area (Å²) < 4.78 is 6.35. The van der Waals surface area contributed by atoms with Crippen molar-refractivity contribution < 1.29 is 19.4 Å². The van der Waals surface area contributed by atoms with E-state index in [1.54, 1.807) is 18.1 Å². The molecule has 0 unspecified atom stereocenters. The fourth-order valence-corrected chi connectivity index (χ4v) is 1.25. The highest BCUT2D eigenvalue weighted by Crippen LogP contribution is 1.87. The van der Waals surface area contributed by atoms with E-state index in [-0.39, 0.29) is 25.8 Å². The Labute approximate surface area is 110 Å². The summed E-state index contributed by atoms with van der Waals surface area (Å²) in [5.41, 5.74) is 0. The third-order valence-corrected chi connectivity index (χ3v) is 2.04. The topological polar surface area (TPSA) is 118 Å². The number of urea groups is 1. The van der Waals surface area contributed by atoms with Crippen LogP contribution >= 0.6 is 0 Å². The SMILES string of the molecule is Cn1cnc(CCNC(=O)NCCOCC(=O)O)n1. The minimum atomic E-state index is -1.03. The predicted molar refractivity (Wildman–Crippen MR) is 64.6 cm³/mol. The van der Waals surface area contributed by atoms with Gasteiger partial charge >= 0.3 is 12.0 Å².